The average Bonchev–Trinajstić information content (AvgIpc) is 2.87. The summed E-state index contributed by atoms with van der Waals surface area (Å²) in [4.78, 5) is 22.1. The summed E-state index contributed by atoms with van der Waals surface area (Å²) in [7, 11) is 1.52. The number of carboxylic acid groups (broad SMARTS) is 1. The summed E-state index contributed by atoms with van der Waals surface area (Å²) in [6, 6.07) is 2.77. The van der Waals surface area contributed by atoms with E-state index in [9.17, 15) is 9.90 Å². The molecule has 5 rings (SSSR count). The number of anilines is 3. The predicted octanol–water partition coefficient (Wildman–Crippen LogP) is 3.42. The van der Waals surface area contributed by atoms with Gasteiger partial charge in [-0.2, -0.15) is 0 Å². The highest BCUT2D eigenvalue weighted by molar-refractivity contribution is 5.99. The maximum Gasteiger partial charge on any atom is 0.413 e. The van der Waals surface area contributed by atoms with Crippen LogP contribution in [0.25, 0.3) is 21.9 Å². The predicted molar refractivity (Wildman–Crippen MR) is 129 cm³/mol. The summed E-state index contributed by atoms with van der Waals surface area (Å²) in [5.41, 5.74) is 8.41. The van der Waals surface area contributed by atoms with E-state index in [-0.39, 0.29) is 23.7 Å². The SMILES string of the molecule is COC1COCCC1N(C(=O)O)c1cc2cc(-c3cnc4c(c3C)NCCO4)c(F)c(N)c2cn1. The first-order chi connectivity index (χ1) is 16.9. The molecule has 1 amide bonds. The first-order valence-corrected chi connectivity index (χ1v) is 11.3. The number of hydrogen-bond acceptors (Lipinski definition) is 8. The molecule has 4 N–H and O–H groups in total. The standard InChI is InChI=1S/C24H26FN5O5/c1-12-15(9-29-23-22(12)27-4-6-35-23)14-7-13-8-19(28-10-16(13)21(26)20(14)25)30(24(31)32)17-3-5-34-11-18(17)33-2/h7-10,17-18,27H,3-6,11,26H2,1-2H3,(H,31,32). The van der Waals surface area contributed by atoms with Crippen LogP contribution in [-0.4, -0.2) is 66.8 Å². The molecule has 1 saturated heterocycles. The maximum atomic E-state index is 15.4. The van der Waals surface area contributed by atoms with Gasteiger partial charge < -0.3 is 30.4 Å². The minimum Gasteiger partial charge on any atom is -0.474 e. The van der Waals surface area contributed by atoms with E-state index >= 15 is 4.39 Å². The highest BCUT2D eigenvalue weighted by Crippen LogP contribution is 2.40. The number of amides is 1. The van der Waals surface area contributed by atoms with Gasteiger partial charge in [-0.3, -0.25) is 4.90 Å². The number of ether oxygens (including phenoxy) is 3. The summed E-state index contributed by atoms with van der Waals surface area (Å²) >= 11 is 0. The number of rotatable bonds is 4. The molecule has 4 heterocycles. The Morgan fingerprint density at radius 1 is 1.29 bits per heavy atom. The highest BCUT2D eigenvalue weighted by Gasteiger charge is 2.35. The lowest BCUT2D eigenvalue weighted by Crippen LogP contribution is -2.52. The molecule has 2 atom stereocenters. The van der Waals surface area contributed by atoms with Gasteiger partial charge in [0.25, 0.3) is 0 Å². The molecule has 35 heavy (non-hydrogen) atoms. The van der Waals surface area contributed by atoms with E-state index in [1.54, 1.807) is 18.3 Å². The quantitative estimate of drug-likeness (QED) is 0.478. The Bertz CT molecular complexity index is 1300. The molecule has 184 valence electrons. The van der Waals surface area contributed by atoms with Crippen LogP contribution in [0.4, 0.5) is 26.4 Å². The Kier molecular flexibility index (Phi) is 6.03. The zero-order valence-electron chi connectivity index (χ0n) is 19.4. The molecule has 0 bridgehead atoms. The number of aromatic nitrogens is 2. The first kappa shape index (κ1) is 23.1. The van der Waals surface area contributed by atoms with Crippen molar-refractivity contribution >= 4 is 34.1 Å². The molecule has 0 aliphatic carbocycles. The van der Waals surface area contributed by atoms with Crippen molar-refractivity contribution < 1.29 is 28.5 Å². The second kappa shape index (κ2) is 9.16. The Hall–Kier alpha value is -3.70. The molecule has 1 fully saturated rings. The van der Waals surface area contributed by atoms with Crippen molar-refractivity contribution in [2.24, 2.45) is 0 Å². The molecule has 11 heteroatoms. The van der Waals surface area contributed by atoms with Crippen molar-refractivity contribution in [3.63, 3.8) is 0 Å². The van der Waals surface area contributed by atoms with E-state index in [0.717, 1.165) is 5.56 Å². The third kappa shape index (κ3) is 3.96. The number of carbonyl (C=O) groups is 1. The van der Waals surface area contributed by atoms with E-state index in [2.05, 4.69) is 15.3 Å². The highest BCUT2D eigenvalue weighted by atomic mass is 19.1. The van der Waals surface area contributed by atoms with Crippen LogP contribution in [0.2, 0.25) is 0 Å². The Morgan fingerprint density at radius 2 is 2.11 bits per heavy atom. The van der Waals surface area contributed by atoms with Crippen molar-refractivity contribution in [3.8, 4) is 17.0 Å². The zero-order chi connectivity index (χ0) is 24.7. The van der Waals surface area contributed by atoms with Gasteiger partial charge in [0.05, 0.1) is 18.3 Å². The average molecular weight is 484 g/mol. The van der Waals surface area contributed by atoms with Crippen LogP contribution in [0.3, 0.4) is 0 Å². The molecular weight excluding hydrogens is 457 g/mol. The lowest BCUT2D eigenvalue weighted by atomic mass is 9.96. The zero-order valence-corrected chi connectivity index (χ0v) is 19.4. The van der Waals surface area contributed by atoms with E-state index in [1.807, 2.05) is 6.92 Å². The number of fused-ring (bicyclic) bond motifs is 2. The largest absolute Gasteiger partial charge is 0.474 e. The number of nitrogens with one attached hydrogen (secondary N) is 1. The number of hydrogen-bond donors (Lipinski definition) is 3. The van der Waals surface area contributed by atoms with E-state index in [0.29, 0.717) is 54.1 Å². The van der Waals surface area contributed by atoms with Gasteiger partial charge in [0, 0.05) is 49.2 Å². The smallest absolute Gasteiger partial charge is 0.413 e. The molecule has 1 aromatic carbocycles. The van der Waals surface area contributed by atoms with Crippen molar-refractivity contribution in [3.05, 3.63) is 35.9 Å². The van der Waals surface area contributed by atoms with Crippen molar-refractivity contribution in [2.75, 3.05) is 49.4 Å². The molecule has 0 saturated carbocycles. The summed E-state index contributed by atoms with van der Waals surface area (Å²) in [5.74, 6) is 0.0817. The topological polar surface area (TPSA) is 132 Å². The van der Waals surface area contributed by atoms with Crippen LogP contribution in [0.5, 0.6) is 5.88 Å². The Balaban J connectivity index is 1.63. The molecule has 0 radical (unpaired) electrons. The minimum absolute atomic E-state index is 0.0689. The summed E-state index contributed by atoms with van der Waals surface area (Å²) in [6.07, 6.45) is 1.81. The molecule has 2 aromatic heterocycles. The van der Waals surface area contributed by atoms with Crippen molar-refractivity contribution in [1.29, 1.82) is 0 Å². The van der Waals surface area contributed by atoms with Gasteiger partial charge >= 0.3 is 6.09 Å². The minimum atomic E-state index is -1.16. The van der Waals surface area contributed by atoms with Crippen LogP contribution in [0.15, 0.2) is 24.5 Å². The van der Waals surface area contributed by atoms with Gasteiger partial charge in [0.2, 0.25) is 5.88 Å². The van der Waals surface area contributed by atoms with Gasteiger partial charge in [0.1, 0.15) is 24.2 Å². The van der Waals surface area contributed by atoms with Gasteiger partial charge in [-0.25, -0.2) is 19.2 Å². The monoisotopic (exact) mass is 483 g/mol. The Labute approximate surface area is 200 Å². The van der Waals surface area contributed by atoms with Crippen molar-refractivity contribution in [2.45, 2.75) is 25.5 Å². The second-order valence-electron chi connectivity index (χ2n) is 8.53. The molecule has 10 nitrogen and oxygen atoms in total. The van der Waals surface area contributed by atoms with E-state index < -0.39 is 24.1 Å². The lowest BCUT2D eigenvalue weighted by Gasteiger charge is -2.36. The third-order valence-electron chi connectivity index (χ3n) is 6.58. The van der Waals surface area contributed by atoms with Crippen LogP contribution < -0.4 is 20.7 Å². The molecule has 2 aliphatic heterocycles. The summed E-state index contributed by atoms with van der Waals surface area (Å²) in [5, 5.41) is 14.2. The van der Waals surface area contributed by atoms with Crippen molar-refractivity contribution in [1.82, 2.24) is 9.97 Å². The fourth-order valence-corrected chi connectivity index (χ4v) is 4.74. The molecular formula is C24H26FN5O5. The second-order valence-corrected chi connectivity index (χ2v) is 8.53. The van der Waals surface area contributed by atoms with Crippen LogP contribution in [0.1, 0.15) is 12.0 Å². The van der Waals surface area contributed by atoms with E-state index in [1.165, 1.54) is 18.2 Å². The number of benzene rings is 1. The number of pyridine rings is 2. The number of nitrogen functional groups attached to an aromatic ring is 1. The van der Waals surface area contributed by atoms with Crippen LogP contribution in [-0.2, 0) is 9.47 Å². The van der Waals surface area contributed by atoms with Gasteiger partial charge in [-0.05, 0) is 36.4 Å². The molecule has 3 aromatic rings. The van der Waals surface area contributed by atoms with Gasteiger partial charge in [-0.15, -0.1) is 0 Å². The number of halogens is 1. The lowest BCUT2D eigenvalue weighted by molar-refractivity contribution is -0.0422. The molecule has 2 unspecified atom stereocenters. The van der Waals surface area contributed by atoms with Crippen LogP contribution >= 0.6 is 0 Å². The number of nitrogens with two attached hydrogens (primary N) is 1. The number of nitrogens with zero attached hydrogens (tertiary/aromatic N) is 3. The normalized spacial score (nSPS) is 19.5. The number of methoxy groups -OCH3 is 1. The van der Waals surface area contributed by atoms with E-state index in [4.69, 9.17) is 19.9 Å². The summed E-state index contributed by atoms with van der Waals surface area (Å²) < 4.78 is 31.9. The molecule has 0 spiro atoms. The molecule has 2 aliphatic rings. The fourth-order valence-electron chi connectivity index (χ4n) is 4.74. The van der Waals surface area contributed by atoms with Gasteiger partial charge in [0.15, 0.2) is 5.82 Å². The van der Waals surface area contributed by atoms with Crippen LogP contribution in [0, 0.1) is 12.7 Å². The third-order valence-corrected chi connectivity index (χ3v) is 6.58. The maximum absolute atomic E-state index is 15.4. The fraction of sp³-hybridized carbons (Fsp3) is 0.375. The summed E-state index contributed by atoms with van der Waals surface area (Å²) in [6.45, 7) is 3.67. The Morgan fingerprint density at radius 3 is 2.89 bits per heavy atom. The van der Waals surface area contributed by atoms with Gasteiger partial charge in [-0.1, -0.05) is 0 Å². The first-order valence-electron chi connectivity index (χ1n) is 11.3.